The maximum absolute atomic E-state index is 12.8. The van der Waals surface area contributed by atoms with Crippen LogP contribution in [0.25, 0.3) is 22.4 Å². The molecular weight excluding hydrogens is 409 g/mol. The zero-order chi connectivity index (χ0) is 21.8. The molecule has 3 aromatic rings. The van der Waals surface area contributed by atoms with Gasteiger partial charge in [-0.05, 0) is 29.7 Å². The number of imidazole rings is 1. The number of hydrogen-bond donors (Lipinski definition) is 2. The van der Waals surface area contributed by atoms with Gasteiger partial charge >= 0.3 is 5.51 Å². The molecule has 1 aromatic heterocycles. The SMILES string of the molecule is COc1ccc(C(C)(C)C)c(O)c1-c1nc2cc(S(=O)(=O)C(F)(F)F)ccc2[nH]1. The van der Waals surface area contributed by atoms with E-state index in [1.54, 1.807) is 12.1 Å². The minimum atomic E-state index is -5.50. The smallest absolute Gasteiger partial charge is 0.501 e. The van der Waals surface area contributed by atoms with Gasteiger partial charge in [-0.25, -0.2) is 13.4 Å². The molecule has 10 heteroatoms. The summed E-state index contributed by atoms with van der Waals surface area (Å²) in [4.78, 5) is 6.19. The lowest BCUT2D eigenvalue weighted by Crippen LogP contribution is -2.23. The second-order valence-electron chi connectivity index (χ2n) is 7.50. The summed E-state index contributed by atoms with van der Waals surface area (Å²) in [5.41, 5.74) is -4.64. The predicted octanol–water partition coefficient (Wildman–Crippen LogP) is 4.54. The van der Waals surface area contributed by atoms with Crippen molar-refractivity contribution in [1.82, 2.24) is 9.97 Å². The fourth-order valence-electron chi connectivity index (χ4n) is 2.98. The Hall–Kier alpha value is -2.75. The van der Waals surface area contributed by atoms with Crippen LogP contribution in [0.5, 0.6) is 11.5 Å². The van der Waals surface area contributed by atoms with Crippen LogP contribution >= 0.6 is 0 Å². The van der Waals surface area contributed by atoms with Crippen molar-refractivity contribution in [3.05, 3.63) is 35.9 Å². The summed E-state index contributed by atoms with van der Waals surface area (Å²) >= 11 is 0. The number of sulfone groups is 1. The number of methoxy groups -OCH3 is 1. The molecule has 156 valence electrons. The monoisotopic (exact) mass is 428 g/mol. The van der Waals surface area contributed by atoms with Gasteiger partial charge in [0, 0.05) is 5.56 Å². The molecule has 0 bridgehead atoms. The molecule has 0 aliphatic carbocycles. The Balaban J connectivity index is 2.23. The van der Waals surface area contributed by atoms with Crippen LogP contribution in [0.15, 0.2) is 35.2 Å². The average Bonchev–Trinajstić information content (AvgIpc) is 3.01. The first-order chi connectivity index (χ1) is 13.3. The van der Waals surface area contributed by atoms with E-state index in [1.165, 1.54) is 13.2 Å². The van der Waals surface area contributed by atoms with Crippen molar-refractivity contribution in [3.63, 3.8) is 0 Å². The topological polar surface area (TPSA) is 92.3 Å². The molecule has 6 nitrogen and oxygen atoms in total. The molecule has 2 N–H and O–H groups in total. The molecule has 0 unspecified atom stereocenters. The number of aromatic hydroxyl groups is 1. The molecule has 0 saturated carbocycles. The molecule has 0 spiro atoms. The van der Waals surface area contributed by atoms with E-state index < -0.39 is 25.7 Å². The summed E-state index contributed by atoms with van der Waals surface area (Å²) in [6, 6.07) is 6.27. The third-order valence-corrected chi connectivity index (χ3v) is 5.96. The van der Waals surface area contributed by atoms with Crippen LogP contribution in [0, 0.1) is 0 Å². The van der Waals surface area contributed by atoms with Gasteiger partial charge in [0.15, 0.2) is 0 Å². The number of nitrogens with one attached hydrogen (secondary N) is 1. The van der Waals surface area contributed by atoms with Gasteiger partial charge in [-0.3, -0.25) is 0 Å². The normalized spacial score (nSPS) is 13.1. The number of phenols is 1. The van der Waals surface area contributed by atoms with Crippen molar-refractivity contribution in [2.45, 2.75) is 36.6 Å². The molecule has 1 heterocycles. The molecule has 0 saturated heterocycles. The quantitative estimate of drug-likeness (QED) is 0.639. The van der Waals surface area contributed by atoms with Crippen molar-refractivity contribution in [1.29, 1.82) is 0 Å². The van der Waals surface area contributed by atoms with E-state index in [0.717, 1.165) is 12.1 Å². The second kappa shape index (κ2) is 6.65. The van der Waals surface area contributed by atoms with Gasteiger partial charge in [0.25, 0.3) is 9.84 Å². The van der Waals surface area contributed by atoms with Gasteiger partial charge in [0.05, 0.1) is 23.0 Å². The standard InChI is InChI=1S/C19H19F3N2O4S/c1-18(2,3)11-6-8-14(28-4)15(16(11)25)17-23-12-7-5-10(9-13(12)24-17)29(26,27)19(20,21)22/h5-9,25H,1-4H3,(H,23,24). The summed E-state index contributed by atoms with van der Waals surface area (Å²) in [6.07, 6.45) is 0. The number of aromatic amines is 1. The lowest BCUT2D eigenvalue weighted by Gasteiger charge is -2.22. The number of benzene rings is 2. The minimum Gasteiger partial charge on any atom is -0.507 e. The van der Waals surface area contributed by atoms with Crippen LogP contribution in [0.4, 0.5) is 13.2 Å². The van der Waals surface area contributed by atoms with E-state index in [4.69, 9.17) is 4.74 Å². The molecule has 2 aromatic carbocycles. The highest BCUT2D eigenvalue weighted by molar-refractivity contribution is 7.92. The van der Waals surface area contributed by atoms with Crippen LogP contribution < -0.4 is 4.74 Å². The van der Waals surface area contributed by atoms with Gasteiger partial charge in [-0.1, -0.05) is 26.8 Å². The van der Waals surface area contributed by atoms with Crippen molar-refractivity contribution in [3.8, 4) is 22.9 Å². The highest BCUT2D eigenvalue weighted by atomic mass is 32.2. The van der Waals surface area contributed by atoms with Crippen LogP contribution in [0.1, 0.15) is 26.3 Å². The Bertz CT molecular complexity index is 1190. The van der Waals surface area contributed by atoms with Gasteiger partial charge < -0.3 is 14.8 Å². The zero-order valence-electron chi connectivity index (χ0n) is 16.0. The van der Waals surface area contributed by atoms with Crippen molar-refractivity contribution in [2.75, 3.05) is 7.11 Å². The highest BCUT2D eigenvalue weighted by Crippen LogP contribution is 2.43. The third-order valence-electron chi connectivity index (χ3n) is 4.47. The number of H-pyrrole nitrogens is 1. The number of aromatic nitrogens is 2. The lowest BCUT2D eigenvalue weighted by atomic mass is 9.85. The molecule has 0 radical (unpaired) electrons. The first-order valence-electron chi connectivity index (χ1n) is 8.49. The maximum Gasteiger partial charge on any atom is 0.501 e. The zero-order valence-corrected chi connectivity index (χ0v) is 16.9. The Kier molecular flexibility index (Phi) is 4.81. The predicted molar refractivity (Wildman–Crippen MR) is 102 cm³/mol. The molecule has 0 aliphatic rings. The molecule has 0 fully saturated rings. The fraction of sp³-hybridized carbons (Fsp3) is 0.316. The van der Waals surface area contributed by atoms with Gasteiger partial charge in [0.1, 0.15) is 22.9 Å². The van der Waals surface area contributed by atoms with Crippen molar-refractivity contribution >= 4 is 20.9 Å². The molecular formula is C19H19F3N2O4S. The first-order valence-corrected chi connectivity index (χ1v) is 9.97. The van der Waals surface area contributed by atoms with Gasteiger partial charge in [-0.2, -0.15) is 13.2 Å². The summed E-state index contributed by atoms with van der Waals surface area (Å²) in [6.45, 7) is 5.72. The fourth-order valence-corrected chi connectivity index (χ4v) is 3.76. The largest absolute Gasteiger partial charge is 0.507 e. The van der Waals surface area contributed by atoms with Crippen molar-refractivity contribution in [2.24, 2.45) is 0 Å². The Labute approximate surface area is 165 Å². The number of fused-ring (bicyclic) bond motifs is 1. The van der Waals surface area contributed by atoms with E-state index in [-0.39, 0.29) is 22.7 Å². The minimum absolute atomic E-state index is 0.00735. The number of halogens is 3. The first kappa shape index (κ1) is 21.0. The molecule has 0 aliphatic heterocycles. The van der Waals surface area contributed by atoms with Crippen LogP contribution in [-0.2, 0) is 15.3 Å². The van der Waals surface area contributed by atoms with E-state index in [1.807, 2.05) is 20.8 Å². The summed E-state index contributed by atoms with van der Waals surface area (Å²) in [5, 5.41) is 10.8. The number of hydrogen-bond acceptors (Lipinski definition) is 5. The molecule has 3 rings (SSSR count). The van der Waals surface area contributed by atoms with Crippen LogP contribution in [0.2, 0.25) is 0 Å². The summed E-state index contributed by atoms with van der Waals surface area (Å²) in [7, 11) is -4.09. The average molecular weight is 428 g/mol. The highest BCUT2D eigenvalue weighted by Gasteiger charge is 2.47. The van der Waals surface area contributed by atoms with Gasteiger partial charge in [-0.15, -0.1) is 0 Å². The van der Waals surface area contributed by atoms with E-state index in [2.05, 4.69) is 9.97 Å². The maximum atomic E-state index is 12.8. The number of rotatable bonds is 3. The summed E-state index contributed by atoms with van der Waals surface area (Å²) in [5.74, 6) is 0.360. The number of ether oxygens (including phenoxy) is 1. The molecule has 29 heavy (non-hydrogen) atoms. The number of alkyl halides is 3. The number of phenolic OH excluding ortho intramolecular Hbond substituents is 1. The Morgan fingerprint density at radius 2 is 1.76 bits per heavy atom. The third kappa shape index (κ3) is 3.52. The van der Waals surface area contributed by atoms with E-state index in [9.17, 15) is 26.7 Å². The lowest BCUT2D eigenvalue weighted by molar-refractivity contribution is -0.0435. The number of nitrogens with zero attached hydrogens (tertiary/aromatic N) is 1. The molecule has 0 atom stereocenters. The second-order valence-corrected chi connectivity index (χ2v) is 9.44. The van der Waals surface area contributed by atoms with Crippen LogP contribution in [-0.4, -0.2) is 36.1 Å². The Morgan fingerprint density at radius 1 is 1.10 bits per heavy atom. The van der Waals surface area contributed by atoms with Crippen molar-refractivity contribution < 1.29 is 31.4 Å². The van der Waals surface area contributed by atoms with Crippen LogP contribution in [0.3, 0.4) is 0 Å². The van der Waals surface area contributed by atoms with Gasteiger partial charge in [0.2, 0.25) is 0 Å². The molecule has 0 amide bonds. The van der Waals surface area contributed by atoms with E-state index in [0.29, 0.717) is 16.8 Å². The summed E-state index contributed by atoms with van der Waals surface area (Å²) < 4.78 is 67.1. The van der Waals surface area contributed by atoms with E-state index >= 15 is 0 Å². The Morgan fingerprint density at radius 3 is 2.31 bits per heavy atom.